The number of carbonyl (C=O) groups excluding carboxylic acids is 1. The van der Waals surface area contributed by atoms with Gasteiger partial charge in [0.1, 0.15) is 5.82 Å². The van der Waals surface area contributed by atoms with Crippen molar-refractivity contribution in [3.8, 4) is 0 Å². The molecule has 1 fully saturated rings. The van der Waals surface area contributed by atoms with Gasteiger partial charge in [0.15, 0.2) is 0 Å². The van der Waals surface area contributed by atoms with Crippen LogP contribution in [0, 0.1) is 5.92 Å². The van der Waals surface area contributed by atoms with Crippen LogP contribution in [0.3, 0.4) is 0 Å². The lowest BCUT2D eigenvalue weighted by atomic mass is 9.86. The predicted molar refractivity (Wildman–Crippen MR) is 73.8 cm³/mol. The number of hydrogen-bond donors (Lipinski definition) is 2. The van der Waals surface area contributed by atoms with Gasteiger partial charge in [-0.1, -0.05) is 19.1 Å². The smallest absolute Gasteiger partial charge is 0.314 e. The Balaban J connectivity index is 1.92. The first-order valence-corrected chi connectivity index (χ1v) is 6.64. The van der Waals surface area contributed by atoms with Crippen LogP contribution in [-0.4, -0.2) is 34.0 Å². The Morgan fingerprint density at radius 1 is 1.47 bits per heavy atom. The van der Waals surface area contributed by atoms with E-state index in [0.717, 1.165) is 29.8 Å². The summed E-state index contributed by atoms with van der Waals surface area (Å²) in [5.74, 6) is 1.68. The second kappa shape index (κ2) is 4.57. The minimum absolute atomic E-state index is 0.230. The summed E-state index contributed by atoms with van der Waals surface area (Å²) in [7, 11) is 0. The quantitative estimate of drug-likeness (QED) is 0.821. The normalized spacial score (nSPS) is 23.7. The molecule has 2 aromatic rings. The van der Waals surface area contributed by atoms with Gasteiger partial charge in [-0.05, 0) is 24.5 Å². The van der Waals surface area contributed by atoms with Crippen molar-refractivity contribution in [3.05, 3.63) is 30.1 Å². The Morgan fingerprint density at radius 2 is 2.26 bits per heavy atom. The number of urea groups is 1. The number of nitrogens with two attached hydrogens (primary N) is 1. The molecular formula is C14H18N4O. The fourth-order valence-electron chi connectivity index (χ4n) is 2.77. The summed E-state index contributed by atoms with van der Waals surface area (Å²) in [4.78, 5) is 21.0. The highest BCUT2D eigenvalue weighted by molar-refractivity contribution is 5.75. The molecule has 0 radical (unpaired) electrons. The lowest BCUT2D eigenvalue weighted by molar-refractivity contribution is 0.168. The van der Waals surface area contributed by atoms with Gasteiger partial charge in [-0.2, -0.15) is 0 Å². The SMILES string of the molecule is CC1CCN(C(N)=O)CC1c1nc2ccccc2[nH]1. The number of aromatic nitrogens is 2. The molecule has 3 rings (SSSR count). The van der Waals surface area contributed by atoms with Crippen molar-refractivity contribution in [2.45, 2.75) is 19.3 Å². The average Bonchev–Trinajstić information content (AvgIpc) is 2.82. The van der Waals surface area contributed by atoms with E-state index < -0.39 is 0 Å². The van der Waals surface area contributed by atoms with Crippen LogP contribution in [-0.2, 0) is 0 Å². The predicted octanol–water partition coefficient (Wildman–Crippen LogP) is 2.07. The Morgan fingerprint density at radius 3 is 3.00 bits per heavy atom. The van der Waals surface area contributed by atoms with Crippen LogP contribution in [0.15, 0.2) is 24.3 Å². The van der Waals surface area contributed by atoms with Crippen molar-refractivity contribution >= 4 is 17.1 Å². The number of H-pyrrole nitrogens is 1. The largest absolute Gasteiger partial charge is 0.351 e. The Hall–Kier alpha value is -2.04. The maximum absolute atomic E-state index is 11.3. The summed E-state index contributed by atoms with van der Waals surface area (Å²) < 4.78 is 0. The summed E-state index contributed by atoms with van der Waals surface area (Å²) in [6.07, 6.45) is 0.963. The molecule has 19 heavy (non-hydrogen) atoms. The molecular weight excluding hydrogens is 240 g/mol. The van der Waals surface area contributed by atoms with E-state index in [1.165, 1.54) is 0 Å². The van der Waals surface area contributed by atoms with Crippen molar-refractivity contribution in [1.82, 2.24) is 14.9 Å². The fraction of sp³-hybridized carbons (Fsp3) is 0.429. The molecule has 0 spiro atoms. The van der Waals surface area contributed by atoms with Gasteiger partial charge in [0, 0.05) is 19.0 Å². The van der Waals surface area contributed by atoms with Gasteiger partial charge >= 0.3 is 6.03 Å². The lowest BCUT2D eigenvalue weighted by Gasteiger charge is -2.35. The Kier molecular flexibility index (Phi) is 2.89. The Labute approximate surface area is 111 Å². The molecule has 1 aliphatic heterocycles. The third-order valence-electron chi connectivity index (χ3n) is 4.03. The molecule has 1 aromatic heterocycles. The molecule has 0 saturated carbocycles. The summed E-state index contributed by atoms with van der Waals surface area (Å²) in [6, 6.07) is 7.64. The maximum atomic E-state index is 11.3. The molecule has 0 aliphatic carbocycles. The van der Waals surface area contributed by atoms with E-state index in [0.29, 0.717) is 12.5 Å². The van der Waals surface area contributed by atoms with Gasteiger partial charge in [0.05, 0.1) is 11.0 Å². The fourth-order valence-corrected chi connectivity index (χ4v) is 2.77. The molecule has 5 heteroatoms. The summed E-state index contributed by atoms with van der Waals surface area (Å²) in [5, 5.41) is 0. The molecule has 2 atom stereocenters. The van der Waals surface area contributed by atoms with E-state index in [9.17, 15) is 4.79 Å². The number of primary amides is 1. The van der Waals surface area contributed by atoms with Crippen molar-refractivity contribution in [2.75, 3.05) is 13.1 Å². The van der Waals surface area contributed by atoms with E-state index in [-0.39, 0.29) is 11.9 Å². The van der Waals surface area contributed by atoms with Gasteiger partial charge in [-0.3, -0.25) is 0 Å². The Bertz CT molecular complexity index is 573. The van der Waals surface area contributed by atoms with E-state index in [4.69, 9.17) is 5.73 Å². The molecule has 100 valence electrons. The molecule has 2 unspecified atom stereocenters. The van der Waals surface area contributed by atoms with E-state index in [2.05, 4.69) is 16.9 Å². The zero-order chi connectivity index (χ0) is 13.4. The first kappa shape index (κ1) is 12.0. The van der Waals surface area contributed by atoms with Crippen LogP contribution in [0.4, 0.5) is 4.79 Å². The summed E-state index contributed by atoms with van der Waals surface area (Å²) in [6.45, 7) is 3.60. The van der Waals surface area contributed by atoms with Crippen LogP contribution in [0.5, 0.6) is 0 Å². The minimum Gasteiger partial charge on any atom is -0.351 e. The number of hydrogen-bond acceptors (Lipinski definition) is 2. The maximum Gasteiger partial charge on any atom is 0.314 e. The van der Waals surface area contributed by atoms with Gasteiger partial charge < -0.3 is 15.6 Å². The molecule has 2 heterocycles. The number of benzene rings is 1. The molecule has 3 N–H and O–H groups in total. The number of fused-ring (bicyclic) bond motifs is 1. The van der Waals surface area contributed by atoms with Crippen molar-refractivity contribution in [2.24, 2.45) is 11.7 Å². The number of likely N-dealkylation sites (tertiary alicyclic amines) is 1. The number of carbonyl (C=O) groups is 1. The lowest BCUT2D eigenvalue weighted by Crippen LogP contribution is -2.45. The number of aromatic amines is 1. The van der Waals surface area contributed by atoms with E-state index in [1.54, 1.807) is 4.90 Å². The van der Waals surface area contributed by atoms with Crippen LogP contribution in [0.25, 0.3) is 11.0 Å². The highest BCUT2D eigenvalue weighted by Gasteiger charge is 2.31. The molecule has 5 nitrogen and oxygen atoms in total. The topological polar surface area (TPSA) is 75.0 Å². The van der Waals surface area contributed by atoms with Gasteiger partial charge in [-0.25, -0.2) is 9.78 Å². The van der Waals surface area contributed by atoms with Crippen LogP contribution < -0.4 is 5.73 Å². The van der Waals surface area contributed by atoms with E-state index >= 15 is 0 Å². The van der Waals surface area contributed by atoms with Crippen molar-refractivity contribution in [3.63, 3.8) is 0 Å². The summed E-state index contributed by atoms with van der Waals surface area (Å²) in [5.41, 5.74) is 7.40. The molecule has 0 bridgehead atoms. The van der Waals surface area contributed by atoms with Crippen molar-refractivity contribution in [1.29, 1.82) is 0 Å². The number of amides is 2. The highest BCUT2D eigenvalue weighted by Crippen LogP contribution is 2.31. The van der Waals surface area contributed by atoms with Crippen LogP contribution >= 0.6 is 0 Å². The first-order chi connectivity index (χ1) is 9.15. The molecule has 1 aliphatic rings. The number of nitrogens with one attached hydrogen (secondary N) is 1. The highest BCUT2D eigenvalue weighted by atomic mass is 16.2. The van der Waals surface area contributed by atoms with Gasteiger partial charge in [0.25, 0.3) is 0 Å². The zero-order valence-corrected chi connectivity index (χ0v) is 11.0. The molecule has 1 aromatic carbocycles. The van der Waals surface area contributed by atoms with Crippen molar-refractivity contribution < 1.29 is 4.79 Å². The second-order valence-electron chi connectivity index (χ2n) is 5.30. The number of imidazole rings is 1. The summed E-state index contributed by atoms with van der Waals surface area (Å²) >= 11 is 0. The number of para-hydroxylation sites is 2. The average molecular weight is 258 g/mol. The second-order valence-corrected chi connectivity index (χ2v) is 5.30. The monoisotopic (exact) mass is 258 g/mol. The van der Waals surface area contributed by atoms with E-state index in [1.807, 2.05) is 24.3 Å². The number of piperidine rings is 1. The van der Waals surface area contributed by atoms with Gasteiger partial charge in [-0.15, -0.1) is 0 Å². The standard InChI is InChI=1S/C14H18N4O/c1-9-6-7-18(14(15)19)8-10(9)13-16-11-4-2-3-5-12(11)17-13/h2-5,9-10H,6-8H2,1H3,(H2,15,19)(H,16,17). The molecule has 2 amide bonds. The minimum atomic E-state index is -0.340. The third kappa shape index (κ3) is 2.16. The zero-order valence-electron chi connectivity index (χ0n) is 11.0. The number of nitrogens with zero attached hydrogens (tertiary/aromatic N) is 2. The molecule has 1 saturated heterocycles. The first-order valence-electron chi connectivity index (χ1n) is 6.64. The van der Waals surface area contributed by atoms with Crippen LogP contribution in [0.2, 0.25) is 0 Å². The van der Waals surface area contributed by atoms with Crippen LogP contribution in [0.1, 0.15) is 25.1 Å². The number of rotatable bonds is 1. The third-order valence-corrected chi connectivity index (χ3v) is 4.03. The van der Waals surface area contributed by atoms with Gasteiger partial charge in [0.2, 0.25) is 0 Å².